The number of aliphatic carboxylic acids is 1. The molecule has 0 bridgehead atoms. The Balaban J connectivity index is 0.000000810. The second-order valence-corrected chi connectivity index (χ2v) is 2.19. The highest BCUT2D eigenvalue weighted by Gasteiger charge is 2.27. The molecule has 1 aliphatic heterocycles. The molecular weight excluding hydrogens is 158 g/mol. The van der Waals surface area contributed by atoms with Gasteiger partial charge < -0.3 is 15.5 Å². The first-order valence-corrected chi connectivity index (χ1v) is 2.84. The van der Waals surface area contributed by atoms with Crippen LogP contribution < -0.4 is 5.32 Å². The van der Waals surface area contributed by atoms with Crippen LogP contribution >= 0.6 is 12.4 Å². The lowest BCUT2D eigenvalue weighted by Gasteiger charge is -1.99. The van der Waals surface area contributed by atoms with Crippen LogP contribution in [0.4, 0.5) is 0 Å². The summed E-state index contributed by atoms with van der Waals surface area (Å²) >= 11 is 0. The van der Waals surface area contributed by atoms with Crippen LogP contribution in [-0.2, 0) is 4.79 Å². The van der Waals surface area contributed by atoms with E-state index < -0.39 is 18.1 Å². The van der Waals surface area contributed by atoms with E-state index in [-0.39, 0.29) is 12.4 Å². The number of hydrogen-bond donors (Lipinski definition) is 3. The highest BCUT2D eigenvalue weighted by Crippen LogP contribution is 2.05. The molecule has 0 radical (unpaired) electrons. The first-order valence-electron chi connectivity index (χ1n) is 2.84. The van der Waals surface area contributed by atoms with E-state index in [0.717, 1.165) is 0 Å². The van der Waals surface area contributed by atoms with Gasteiger partial charge in [-0.05, 0) is 0 Å². The van der Waals surface area contributed by atoms with Crippen molar-refractivity contribution >= 4 is 18.4 Å². The highest BCUT2D eigenvalue weighted by atomic mass is 35.5. The molecule has 5 heteroatoms. The van der Waals surface area contributed by atoms with E-state index in [9.17, 15) is 4.79 Å². The largest absolute Gasteiger partial charge is 0.480 e. The van der Waals surface area contributed by atoms with Crippen LogP contribution in [0.5, 0.6) is 0 Å². The SMILES string of the molecule is Cl.O=C(O)[C@H]1C[C@@H](O)CN1. The Morgan fingerprint density at radius 1 is 1.60 bits per heavy atom. The number of nitrogens with one attached hydrogen (secondary N) is 1. The Kier molecular flexibility index (Phi) is 3.63. The molecule has 60 valence electrons. The zero-order valence-corrected chi connectivity index (χ0v) is 6.10. The molecule has 0 aromatic rings. The van der Waals surface area contributed by atoms with Crippen molar-refractivity contribution in [3.8, 4) is 0 Å². The van der Waals surface area contributed by atoms with E-state index in [4.69, 9.17) is 10.2 Å². The van der Waals surface area contributed by atoms with Crippen molar-refractivity contribution in [1.82, 2.24) is 5.32 Å². The molecule has 2 atom stereocenters. The zero-order chi connectivity index (χ0) is 6.85. The summed E-state index contributed by atoms with van der Waals surface area (Å²) in [6.07, 6.45) is -0.152. The molecular formula is C5H10ClNO3. The van der Waals surface area contributed by atoms with Gasteiger partial charge in [0.2, 0.25) is 0 Å². The second-order valence-electron chi connectivity index (χ2n) is 2.19. The molecule has 3 N–H and O–H groups in total. The van der Waals surface area contributed by atoms with Crippen LogP contribution in [0.3, 0.4) is 0 Å². The predicted octanol–water partition coefficient (Wildman–Crippen LogP) is -0.784. The lowest BCUT2D eigenvalue weighted by atomic mass is 10.2. The lowest BCUT2D eigenvalue weighted by Crippen LogP contribution is -2.29. The molecule has 0 spiro atoms. The summed E-state index contributed by atoms with van der Waals surface area (Å²) in [5, 5.41) is 19.8. The molecule has 0 aromatic carbocycles. The van der Waals surface area contributed by atoms with Gasteiger partial charge in [0, 0.05) is 13.0 Å². The van der Waals surface area contributed by atoms with Crippen LogP contribution in [0.15, 0.2) is 0 Å². The van der Waals surface area contributed by atoms with Crippen LogP contribution in [0.2, 0.25) is 0 Å². The van der Waals surface area contributed by atoms with Crippen molar-refractivity contribution in [2.24, 2.45) is 0 Å². The molecule has 0 saturated carbocycles. The van der Waals surface area contributed by atoms with Crippen molar-refractivity contribution < 1.29 is 15.0 Å². The van der Waals surface area contributed by atoms with E-state index in [1.165, 1.54) is 0 Å². The molecule has 1 saturated heterocycles. The summed E-state index contributed by atoms with van der Waals surface area (Å²) < 4.78 is 0. The van der Waals surface area contributed by atoms with Gasteiger partial charge in [-0.1, -0.05) is 0 Å². The molecule has 0 aliphatic carbocycles. The van der Waals surface area contributed by atoms with Crippen molar-refractivity contribution in [1.29, 1.82) is 0 Å². The minimum absolute atomic E-state index is 0. The third kappa shape index (κ3) is 2.13. The van der Waals surface area contributed by atoms with E-state index >= 15 is 0 Å². The molecule has 0 aromatic heterocycles. The number of carboxylic acid groups (broad SMARTS) is 1. The quantitative estimate of drug-likeness (QED) is 0.479. The van der Waals surface area contributed by atoms with Crippen molar-refractivity contribution in [2.45, 2.75) is 18.6 Å². The van der Waals surface area contributed by atoms with E-state index in [1.807, 2.05) is 0 Å². The van der Waals surface area contributed by atoms with Crippen molar-refractivity contribution in [3.05, 3.63) is 0 Å². The Bertz CT molecular complexity index is 130. The Morgan fingerprint density at radius 2 is 2.20 bits per heavy atom. The monoisotopic (exact) mass is 167 g/mol. The number of rotatable bonds is 1. The number of carbonyl (C=O) groups is 1. The molecule has 1 rings (SSSR count). The maximum Gasteiger partial charge on any atom is 0.320 e. The van der Waals surface area contributed by atoms with Crippen molar-refractivity contribution in [3.63, 3.8) is 0 Å². The smallest absolute Gasteiger partial charge is 0.320 e. The second kappa shape index (κ2) is 3.75. The highest BCUT2D eigenvalue weighted by molar-refractivity contribution is 5.85. The number of aliphatic hydroxyl groups excluding tert-OH is 1. The summed E-state index contributed by atoms with van der Waals surface area (Å²) in [5.41, 5.74) is 0. The third-order valence-corrected chi connectivity index (χ3v) is 1.41. The normalized spacial score (nSPS) is 31.3. The summed E-state index contributed by atoms with van der Waals surface area (Å²) in [4.78, 5) is 10.2. The number of hydrogen-bond acceptors (Lipinski definition) is 3. The Morgan fingerprint density at radius 3 is 2.40 bits per heavy atom. The maximum absolute atomic E-state index is 10.2. The molecule has 0 amide bonds. The predicted molar refractivity (Wildman–Crippen MR) is 37.3 cm³/mol. The van der Waals surface area contributed by atoms with Gasteiger partial charge in [-0.25, -0.2) is 0 Å². The van der Waals surface area contributed by atoms with Gasteiger partial charge in [0.05, 0.1) is 6.10 Å². The average Bonchev–Trinajstić information content (AvgIpc) is 2.14. The number of halogens is 1. The number of β-amino-alcohol motifs (C(OH)–C–C–N with tert-alkyl or cyclic N) is 1. The Hall–Kier alpha value is -0.320. The van der Waals surface area contributed by atoms with Gasteiger partial charge in [-0.2, -0.15) is 0 Å². The molecule has 1 aliphatic rings. The molecule has 1 heterocycles. The first kappa shape index (κ1) is 9.68. The summed E-state index contributed by atoms with van der Waals surface area (Å²) in [6, 6.07) is -0.542. The van der Waals surface area contributed by atoms with E-state index in [0.29, 0.717) is 13.0 Å². The molecule has 0 unspecified atom stereocenters. The maximum atomic E-state index is 10.2. The van der Waals surface area contributed by atoms with Gasteiger partial charge in [-0.15, -0.1) is 12.4 Å². The molecule has 4 nitrogen and oxygen atoms in total. The fourth-order valence-electron chi connectivity index (χ4n) is 0.905. The average molecular weight is 168 g/mol. The fraction of sp³-hybridized carbons (Fsp3) is 0.800. The molecule has 1 fully saturated rings. The summed E-state index contributed by atoms with van der Waals surface area (Å²) in [7, 11) is 0. The minimum Gasteiger partial charge on any atom is -0.480 e. The van der Waals surface area contributed by atoms with Gasteiger partial charge in [0.15, 0.2) is 0 Å². The Labute approximate surface area is 64.6 Å². The van der Waals surface area contributed by atoms with E-state index in [2.05, 4.69) is 5.32 Å². The van der Waals surface area contributed by atoms with E-state index in [1.54, 1.807) is 0 Å². The van der Waals surface area contributed by atoms with Crippen LogP contribution in [-0.4, -0.2) is 34.9 Å². The topological polar surface area (TPSA) is 69.6 Å². The standard InChI is InChI=1S/C5H9NO3.ClH/c7-3-1-4(5(8)9)6-2-3;/h3-4,6-7H,1-2H2,(H,8,9);1H/t3-,4-;/m1./s1. The number of carboxylic acids is 1. The third-order valence-electron chi connectivity index (χ3n) is 1.41. The zero-order valence-electron chi connectivity index (χ0n) is 5.28. The van der Waals surface area contributed by atoms with Gasteiger partial charge >= 0.3 is 5.97 Å². The van der Waals surface area contributed by atoms with Crippen LogP contribution in [0.25, 0.3) is 0 Å². The fourth-order valence-corrected chi connectivity index (χ4v) is 0.905. The first-order chi connectivity index (χ1) is 4.20. The summed E-state index contributed by atoms with van der Waals surface area (Å²) in [5.74, 6) is -0.883. The van der Waals surface area contributed by atoms with Crippen LogP contribution in [0, 0.1) is 0 Å². The van der Waals surface area contributed by atoms with Crippen molar-refractivity contribution in [2.75, 3.05) is 6.54 Å². The minimum atomic E-state index is -0.883. The van der Waals surface area contributed by atoms with Gasteiger partial charge in [0.1, 0.15) is 6.04 Å². The number of aliphatic hydroxyl groups is 1. The summed E-state index contributed by atoms with van der Waals surface area (Å²) in [6.45, 7) is 0.400. The van der Waals surface area contributed by atoms with Gasteiger partial charge in [-0.3, -0.25) is 4.79 Å². The van der Waals surface area contributed by atoms with Gasteiger partial charge in [0.25, 0.3) is 0 Å². The lowest BCUT2D eigenvalue weighted by molar-refractivity contribution is -0.139. The molecule has 10 heavy (non-hydrogen) atoms. The van der Waals surface area contributed by atoms with Crippen LogP contribution in [0.1, 0.15) is 6.42 Å².